The van der Waals surface area contributed by atoms with Gasteiger partial charge in [-0.05, 0) is 31.0 Å². The van der Waals surface area contributed by atoms with Crippen LogP contribution in [0.3, 0.4) is 0 Å². The van der Waals surface area contributed by atoms with Crippen LogP contribution in [0.15, 0.2) is 42.5 Å². The molecule has 0 aliphatic carbocycles. The number of phenolic OH excluding ortho intramolecular Hbond substituents is 1. The highest BCUT2D eigenvalue weighted by atomic mass is 16.5. The molecule has 2 aromatic carbocycles. The second kappa shape index (κ2) is 9.69. The van der Waals surface area contributed by atoms with Crippen LogP contribution in [0.2, 0.25) is 0 Å². The molecule has 0 unspecified atom stereocenters. The van der Waals surface area contributed by atoms with Gasteiger partial charge in [0.15, 0.2) is 11.5 Å². The van der Waals surface area contributed by atoms with Crippen molar-refractivity contribution in [1.82, 2.24) is 9.97 Å². The Morgan fingerprint density at radius 2 is 1.57 bits per heavy atom. The standard InChI is InChI=1S/C22H26N4O4/c1-14-11-20(23-10-9-15-5-7-17(27)8-6-15)26-22(24-14)25-16-12-18(28-2)21(30-4)19(13-16)29-3/h5-8,11-13,27H,9-10H2,1-4H3,(H2,23,24,25,26). The number of nitrogens with zero attached hydrogens (tertiary/aromatic N) is 2. The van der Waals surface area contributed by atoms with E-state index in [0.717, 1.165) is 23.5 Å². The van der Waals surface area contributed by atoms with Gasteiger partial charge in [0.25, 0.3) is 0 Å². The van der Waals surface area contributed by atoms with Crippen molar-refractivity contribution in [3.63, 3.8) is 0 Å². The van der Waals surface area contributed by atoms with E-state index >= 15 is 0 Å². The number of nitrogens with one attached hydrogen (secondary N) is 2. The van der Waals surface area contributed by atoms with E-state index in [2.05, 4.69) is 20.6 Å². The minimum Gasteiger partial charge on any atom is -0.508 e. The van der Waals surface area contributed by atoms with E-state index in [4.69, 9.17) is 14.2 Å². The van der Waals surface area contributed by atoms with Crippen LogP contribution in [0.25, 0.3) is 0 Å². The number of methoxy groups -OCH3 is 3. The predicted octanol–water partition coefficient (Wildman–Crippen LogP) is 3.91. The summed E-state index contributed by atoms with van der Waals surface area (Å²) in [5, 5.41) is 15.9. The molecule has 158 valence electrons. The lowest BCUT2D eigenvalue weighted by Crippen LogP contribution is -2.09. The molecule has 3 rings (SSSR count). The summed E-state index contributed by atoms with van der Waals surface area (Å²) in [6, 6.07) is 12.7. The molecule has 0 aliphatic rings. The summed E-state index contributed by atoms with van der Waals surface area (Å²) >= 11 is 0. The molecule has 0 aliphatic heterocycles. The number of aromatic hydroxyl groups is 1. The fourth-order valence-electron chi connectivity index (χ4n) is 2.99. The van der Waals surface area contributed by atoms with Crippen LogP contribution < -0.4 is 24.8 Å². The molecule has 1 aromatic heterocycles. The van der Waals surface area contributed by atoms with Crippen LogP contribution in [0.4, 0.5) is 17.5 Å². The van der Waals surface area contributed by atoms with E-state index in [9.17, 15) is 5.11 Å². The zero-order chi connectivity index (χ0) is 21.5. The first-order valence-corrected chi connectivity index (χ1v) is 9.47. The summed E-state index contributed by atoms with van der Waals surface area (Å²) in [6.07, 6.45) is 0.805. The van der Waals surface area contributed by atoms with Crippen LogP contribution in [0, 0.1) is 6.92 Å². The molecule has 3 N–H and O–H groups in total. The highest BCUT2D eigenvalue weighted by Crippen LogP contribution is 2.40. The maximum Gasteiger partial charge on any atom is 0.229 e. The number of benzene rings is 2. The van der Waals surface area contributed by atoms with Crippen molar-refractivity contribution in [3.05, 3.63) is 53.7 Å². The van der Waals surface area contributed by atoms with Gasteiger partial charge in [-0.1, -0.05) is 12.1 Å². The van der Waals surface area contributed by atoms with Crippen molar-refractivity contribution >= 4 is 17.5 Å². The summed E-state index contributed by atoms with van der Waals surface area (Å²) < 4.78 is 16.1. The van der Waals surface area contributed by atoms with Crippen molar-refractivity contribution in [3.8, 4) is 23.0 Å². The normalized spacial score (nSPS) is 10.4. The molecule has 0 bridgehead atoms. The number of aromatic nitrogens is 2. The molecule has 8 heteroatoms. The van der Waals surface area contributed by atoms with Gasteiger partial charge < -0.3 is 30.0 Å². The Balaban J connectivity index is 1.72. The van der Waals surface area contributed by atoms with Crippen LogP contribution in [0.5, 0.6) is 23.0 Å². The highest BCUT2D eigenvalue weighted by molar-refractivity contribution is 5.66. The fraction of sp³-hybridized carbons (Fsp3) is 0.273. The monoisotopic (exact) mass is 410 g/mol. The molecule has 0 spiro atoms. The lowest BCUT2D eigenvalue weighted by atomic mass is 10.1. The summed E-state index contributed by atoms with van der Waals surface area (Å²) in [7, 11) is 4.70. The molecule has 0 atom stereocenters. The minimum atomic E-state index is 0.264. The second-order valence-electron chi connectivity index (χ2n) is 6.60. The lowest BCUT2D eigenvalue weighted by molar-refractivity contribution is 0.324. The number of anilines is 3. The highest BCUT2D eigenvalue weighted by Gasteiger charge is 2.14. The summed E-state index contributed by atoms with van der Waals surface area (Å²) in [6.45, 7) is 2.61. The number of aryl methyl sites for hydroxylation is 1. The summed E-state index contributed by atoms with van der Waals surface area (Å²) in [5.41, 5.74) is 2.67. The van der Waals surface area contributed by atoms with E-state index < -0.39 is 0 Å². The third kappa shape index (κ3) is 5.22. The van der Waals surface area contributed by atoms with Crippen molar-refractivity contribution in [2.75, 3.05) is 38.5 Å². The van der Waals surface area contributed by atoms with E-state index in [1.54, 1.807) is 45.6 Å². The number of phenols is 1. The molecule has 0 saturated carbocycles. The Hall–Kier alpha value is -3.68. The molecule has 8 nitrogen and oxygen atoms in total. The van der Waals surface area contributed by atoms with Gasteiger partial charge in [-0.15, -0.1) is 0 Å². The molecule has 0 fully saturated rings. The first-order valence-electron chi connectivity index (χ1n) is 9.47. The second-order valence-corrected chi connectivity index (χ2v) is 6.60. The van der Waals surface area contributed by atoms with Gasteiger partial charge in [0.2, 0.25) is 11.7 Å². The molecule has 3 aromatic rings. The van der Waals surface area contributed by atoms with Crippen LogP contribution in [-0.4, -0.2) is 42.9 Å². The van der Waals surface area contributed by atoms with Gasteiger partial charge >= 0.3 is 0 Å². The van der Waals surface area contributed by atoms with E-state index in [1.807, 2.05) is 25.1 Å². The minimum absolute atomic E-state index is 0.264. The Morgan fingerprint density at radius 1 is 0.900 bits per heavy atom. The molecular formula is C22H26N4O4. The first-order chi connectivity index (χ1) is 14.5. The number of hydrogen-bond donors (Lipinski definition) is 3. The number of ether oxygens (including phenoxy) is 3. The topological polar surface area (TPSA) is 97.8 Å². The van der Waals surface area contributed by atoms with Gasteiger partial charge in [0, 0.05) is 36.1 Å². The maximum absolute atomic E-state index is 9.38. The average Bonchev–Trinajstić information content (AvgIpc) is 2.74. The SMILES string of the molecule is COc1cc(Nc2nc(C)cc(NCCc3ccc(O)cc3)n2)cc(OC)c1OC. The van der Waals surface area contributed by atoms with E-state index in [-0.39, 0.29) is 5.75 Å². The van der Waals surface area contributed by atoms with E-state index in [1.165, 1.54) is 0 Å². The van der Waals surface area contributed by atoms with Crippen LogP contribution in [0.1, 0.15) is 11.3 Å². The van der Waals surface area contributed by atoms with E-state index in [0.29, 0.717) is 35.4 Å². The largest absolute Gasteiger partial charge is 0.508 e. The van der Waals surface area contributed by atoms with Crippen molar-refractivity contribution in [2.45, 2.75) is 13.3 Å². The summed E-state index contributed by atoms with van der Waals surface area (Å²) in [4.78, 5) is 9.00. The Kier molecular flexibility index (Phi) is 6.79. The van der Waals surface area contributed by atoms with Crippen molar-refractivity contribution in [1.29, 1.82) is 0 Å². The lowest BCUT2D eigenvalue weighted by Gasteiger charge is -2.15. The number of hydrogen-bond acceptors (Lipinski definition) is 8. The van der Waals surface area contributed by atoms with Crippen LogP contribution >= 0.6 is 0 Å². The molecule has 0 amide bonds. The smallest absolute Gasteiger partial charge is 0.229 e. The average molecular weight is 410 g/mol. The third-order valence-electron chi connectivity index (χ3n) is 4.43. The van der Waals surface area contributed by atoms with Crippen molar-refractivity contribution < 1.29 is 19.3 Å². The first kappa shape index (κ1) is 21.0. The Morgan fingerprint density at radius 3 is 2.17 bits per heavy atom. The van der Waals surface area contributed by atoms with Gasteiger partial charge in [0.1, 0.15) is 11.6 Å². The quantitative estimate of drug-likeness (QED) is 0.488. The molecular weight excluding hydrogens is 384 g/mol. The van der Waals surface area contributed by atoms with Gasteiger partial charge in [0.05, 0.1) is 21.3 Å². The molecule has 0 saturated heterocycles. The molecule has 1 heterocycles. The molecule has 0 radical (unpaired) electrons. The zero-order valence-electron chi connectivity index (χ0n) is 17.5. The zero-order valence-corrected chi connectivity index (χ0v) is 17.5. The third-order valence-corrected chi connectivity index (χ3v) is 4.43. The predicted molar refractivity (Wildman–Crippen MR) is 116 cm³/mol. The number of rotatable bonds is 9. The van der Waals surface area contributed by atoms with Gasteiger partial charge in [-0.3, -0.25) is 0 Å². The fourth-order valence-corrected chi connectivity index (χ4v) is 2.99. The van der Waals surface area contributed by atoms with Crippen molar-refractivity contribution in [2.24, 2.45) is 0 Å². The van der Waals surface area contributed by atoms with Gasteiger partial charge in [-0.2, -0.15) is 4.98 Å². The Bertz CT molecular complexity index is 968. The molecule has 30 heavy (non-hydrogen) atoms. The summed E-state index contributed by atoms with van der Waals surface area (Å²) in [5.74, 6) is 3.04. The van der Waals surface area contributed by atoms with Crippen LogP contribution in [-0.2, 0) is 6.42 Å². The Labute approximate surface area is 175 Å². The maximum atomic E-state index is 9.38. The van der Waals surface area contributed by atoms with Gasteiger partial charge in [-0.25, -0.2) is 4.98 Å².